The Labute approximate surface area is 135 Å². The van der Waals surface area contributed by atoms with E-state index in [1.54, 1.807) is 0 Å². The first-order valence-corrected chi connectivity index (χ1v) is 7.76. The van der Waals surface area contributed by atoms with Gasteiger partial charge in [-0.05, 0) is 79.6 Å². The second kappa shape index (κ2) is 5.65. The maximum absolute atomic E-state index is 11.2. The van der Waals surface area contributed by atoms with Gasteiger partial charge < -0.3 is 5.73 Å². The summed E-state index contributed by atoms with van der Waals surface area (Å²) in [6.45, 7) is 3.67. The molecular formula is C9H4Br5NO. The molecule has 2 nitrogen and oxygen atoms in total. The average molecular weight is 542 g/mol. The molecule has 2 N–H and O–H groups in total. The molecule has 1 aromatic rings. The number of hydrogen-bond donors (Lipinski definition) is 1. The van der Waals surface area contributed by atoms with Crippen molar-refractivity contribution >= 4 is 91.1 Å². The Kier molecular flexibility index (Phi) is 5.25. The molecule has 0 aromatic heterocycles. The van der Waals surface area contributed by atoms with Crippen LogP contribution in [0.4, 0.5) is 0 Å². The van der Waals surface area contributed by atoms with Crippen LogP contribution in [0.1, 0.15) is 5.56 Å². The largest absolute Gasteiger partial charge is 0.366 e. The van der Waals surface area contributed by atoms with Gasteiger partial charge in [-0.3, -0.25) is 4.79 Å². The summed E-state index contributed by atoms with van der Waals surface area (Å²) < 4.78 is 3.80. The highest BCUT2D eigenvalue weighted by Crippen LogP contribution is 2.46. The minimum absolute atomic E-state index is 0.229. The van der Waals surface area contributed by atoms with Gasteiger partial charge in [-0.1, -0.05) is 6.58 Å². The summed E-state index contributed by atoms with van der Waals surface area (Å²) in [6.07, 6.45) is 0. The van der Waals surface area contributed by atoms with E-state index in [1.807, 2.05) is 0 Å². The first kappa shape index (κ1) is 14.9. The van der Waals surface area contributed by atoms with Gasteiger partial charge in [-0.2, -0.15) is 0 Å². The Balaban J connectivity index is 3.64. The SMILES string of the molecule is C=C(C(N)=O)c1c(Br)c(Br)c(Br)c(Br)c1Br. The fraction of sp³-hybridized carbons (Fsp3) is 0. The summed E-state index contributed by atoms with van der Waals surface area (Å²) in [4.78, 5) is 11.2. The summed E-state index contributed by atoms with van der Waals surface area (Å²) in [5, 5.41) is 0. The van der Waals surface area contributed by atoms with E-state index in [9.17, 15) is 4.79 Å². The molecule has 0 aliphatic rings. The van der Waals surface area contributed by atoms with Crippen LogP contribution in [0, 0.1) is 0 Å². The molecule has 0 unspecified atom stereocenters. The van der Waals surface area contributed by atoms with Crippen LogP contribution in [0.5, 0.6) is 0 Å². The van der Waals surface area contributed by atoms with Gasteiger partial charge in [0.25, 0.3) is 0 Å². The van der Waals surface area contributed by atoms with Crippen molar-refractivity contribution in [1.82, 2.24) is 0 Å². The molecule has 1 aromatic carbocycles. The molecule has 0 heterocycles. The third-order valence-corrected chi connectivity index (χ3v) is 7.90. The summed E-state index contributed by atoms with van der Waals surface area (Å²) in [6, 6.07) is 0. The Morgan fingerprint density at radius 3 is 1.50 bits per heavy atom. The van der Waals surface area contributed by atoms with Gasteiger partial charge in [0.15, 0.2) is 0 Å². The van der Waals surface area contributed by atoms with E-state index in [2.05, 4.69) is 86.2 Å². The quantitative estimate of drug-likeness (QED) is 0.320. The number of primary amides is 1. The van der Waals surface area contributed by atoms with E-state index < -0.39 is 5.91 Å². The predicted molar refractivity (Wildman–Crippen MR) is 83.2 cm³/mol. The molecule has 1 amide bonds. The maximum Gasteiger partial charge on any atom is 0.248 e. The van der Waals surface area contributed by atoms with Gasteiger partial charge in [0, 0.05) is 33.5 Å². The number of amides is 1. The van der Waals surface area contributed by atoms with Crippen molar-refractivity contribution in [3.05, 3.63) is 34.5 Å². The summed E-state index contributed by atoms with van der Waals surface area (Å²) >= 11 is 17.0. The maximum atomic E-state index is 11.2. The molecule has 86 valence electrons. The van der Waals surface area contributed by atoms with Crippen molar-refractivity contribution in [2.75, 3.05) is 0 Å². The van der Waals surface area contributed by atoms with Crippen molar-refractivity contribution in [2.24, 2.45) is 5.73 Å². The van der Waals surface area contributed by atoms with Gasteiger partial charge in [0.2, 0.25) is 5.91 Å². The third-order valence-electron chi connectivity index (χ3n) is 1.81. The summed E-state index contributed by atoms with van der Waals surface area (Å²) in [7, 11) is 0. The molecule has 0 aliphatic heterocycles. The van der Waals surface area contributed by atoms with Crippen LogP contribution >= 0.6 is 79.6 Å². The highest BCUT2D eigenvalue weighted by atomic mass is 79.9. The second-order valence-corrected chi connectivity index (χ2v) is 6.75. The first-order valence-electron chi connectivity index (χ1n) is 3.79. The van der Waals surface area contributed by atoms with Crippen LogP contribution < -0.4 is 5.73 Å². The Morgan fingerprint density at radius 2 is 1.19 bits per heavy atom. The average Bonchev–Trinajstić information content (AvgIpc) is 2.23. The lowest BCUT2D eigenvalue weighted by atomic mass is 10.1. The number of benzene rings is 1. The zero-order valence-electron chi connectivity index (χ0n) is 7.58. The molecule has 7 heteroatoms. The number of nitrogens with two attached hydrogens (primary N) is 1. The van der Waals surface area contributed by atoms with Gasteiger partial charge in [0.1, 0.15) is 0 Å². The van der Waals surface area contributed by atoms with Crippen LogP contribution in [0.2, 0.25) is 0 Å². The molecule has 0 aliphatic carbocycles. The van der Waals surface area contributed by atoms with Crippen LogP contribution in [-0.4, -0.2) is 5.91 Å². The van der Waals surface area contributed by atoms with Crippen LogP contribution in [0.25, 0.3) is 5.57 Å². The highest BCUT2D eigenvalue weighted by Gasteiger charge is 2.21. The molecular weight excluding hydrogens is 538 g/mol. The third kappa shape index (κ3) is 2.63. The number of rotatable bonds is 2. The van der Waals surface area contributed by atoms with Crippen molar-refractivity contribution in [1.29, 1.82) is 0 Å². The van der Waals surface area contributed by atoms with Crippen molar-refractivity contribution in [3.8, 4) is 0 Å². The van der Waals surface area contributed by atoms with Crippen LogP contribution in [0.15, 0.2) is 28.9 Å². The van der Waals surface area contributed by atoms with Gasteiger partial charge in [-0.25, -0.2) is 0 Å². The predicted octanol–water partition coefficient (Wildman–Crippen LogP) is 5.00. The van der Waals surface area contributed by atoms with Crippen molar-refractivity contribution < 1.29 is 4.79 Å². The zero-order valence-corrected chi connectivity index (χ0v) is 15.5. The molecule has 0 radical (unpaired) electrons. The Hall–Kier alpha value is 0.830. The Morgan fingerprint density at radius 1 is 0.875 bits per heavy atom. The molecule has 0 atom stereocenters. The van der Waals surface area contributed by atoms with E-state index in [0.29, 0.717) is 14.5 Å². The monoisotopic (exact) mass is 537 g/mol. The molecule has 0 fully saturated rings. The lowest BCUT2D eigenvalue weighted by Gasteiger charge is -2.13. The van der Waals surface area contributed by atoms with E-state index >= 15 is 0 Å². The van der Waals surface area contributed by atoms with Gasteiger partial charge >= 0.3 is 0 Å². The smallest absolute Gasteiger partial charge is 0.248 e. The van der Waals surface area contributed by atoms with E-state index in [4.69, 9.17) is 5.73 Å². The molecule has 16 heavy (non-hydrogen) atoms. The minimum Gasteiger partial charge on any atom is -0.366 e. The lowest BCUT2D eigenvalue weighted by Crippen LogP contribution is -2.13. The molecule has 0 spiro atoms. The van der Waals surface area contributed by atoms with Crippen molar-refractivity contribution in [2.45, 2.75) is 0 Å². The fourth-order valence-electron chi connectivity index (χ4n) is 0.993. The number of halogens is 5. The van der Waals surface area contributed by atoms with E-state index in [1.165, 1.54) is 0 Å². The number of carbonyl (C=O) groups excluding carboxylic acids is 1. The number of carbonyl (C=O) groups is 1. The fourth-order valence-corrected chi connectivity index (χ4v) is 4.52. The normalized spacial score (nSPS) is 10.3. The summed E-state index contributed by atoms with van der Waals surface area (Å²) in [5.74, 6) is -0.567. The highest BCUT2D eigenvalue weighted by molar-refractivity contribution is 9.15. The van der Waals surface area contributed by atoms with E-state index in [0.717, 1.165) is 13.4 Å². The minimum atomic E-state index is -0.567. The van der Waals surface area contributed by atoms with E-state index in [-0.39, 0.29) is 5.57 Å². The van der Waals surface area contributed by atoms with Gasteiger partial charge in [-0.15, -0.1) is 0 Å². The first-order chi connectivity index (χ1) is 7.29. The molecule has 1 rings (SSSR count). The zero-order chi connectivity index (χ0) is 12.6. The van der Waals surface area contributed by atoms with Crippen molar-refractivity contribution in [3.63, 3.8) is 0 Å². The Bertz CT molecular complexity index is 468. The van der Waals surface area contributed by atoms with Crippen LogP contribution in [-0.2, 0) is 4.79 Å². The topological polar surface area (TPSA) is 43.1 Å². The van der Waals surface area contributed by atoms with Crippen LogP contribution in [0.3, 0.4) is 0 Å². The molecule has 0 bridgehead atoms. The molecule has 0 saturated carbocycles. The lowest BCUT2D eigenvalue weighted by molar-refractivity contribution is -0.112. The number of hydrogen-bond acceptors (Lipinski definition) is 1. The molecule has 0 saturated heterocycles. The standard InChI is InChI=1S/C9H4Br5NO/c1-2(9(15)16)3-4(10)6(12)8(14)7(13)5(3)11/h1H2,(H2,15,16). The second-order valence-electron chi connectivity index (χ2n) is 2.79. The van der Waals surface area contributed by atoms with Gasteiger partial charge in [0.05, 0.1) is 0 Å². The summed E-state index contributed by atoms with van der Waals surface area (Å²) in [5.41, 5.74) is 6.07.